The maximum absolute atomic E-state index is 14.9. The fourth-order valence-corrected chi connectivity index (χ4v) is 4.80. The summed E-state index contributed by atoms with van der Waals surface area (Å²) in [6.45, 7) is 5.48. The zero-order valence-electron chi connectivity index (χ0n) is 17.1. The number of rotatable bonds is 4. The maximum Gasteiger partial charge on any atom is 0.413 e. The van der Waals surface area contributed by atoms with Crippen molar-refractivity contribution < 1.29 is 28.3 Å². The summed E-state index contributed by atoms with van der Waals surface area (Å²) in [7, 11) is 1.53. The van der Waals surface area contributed by atoms with Gasteiger partial charge >= 0.3 is 6.09 Å². The van der Waals surface area contributed by atoms with Crippen LogP contribution in [0.3, 0.4) is 0 Å². The molecular weight excluding hydrogens is 417 g/mol. The maximum atomic E-state index is 14.9. The number of fused-ring (bicyclic) bond motifs is 1. The van der Waals surface area contributed by atoms with Crippen molar-refractivity contribution >= 4 is 28.7 Å². The van der Waals surface area contributed by atoms with Gasteiger partial charge in [-0.3, -0.25) is 15.4 Å². The van der Waals surface area contributed by atoms with E-state index in [0.29, 0.717) is 5.75 Å². The monoisotopic (exact) mass is 441 g/mol. The van der Waals surface area contributed by atoms with E-state index in [2.05, 4.69) is 10.3 Å². The number of nitro benzene ring substituents is 1. The van der Waals surface area contributed by atoms with Crippen molar-refractivity contribution in [2.24, 2.45) is 10.9 Å². The number of carbonyl (C=O) groups is 1. The van der Waals surface area contributed by atoms with Crippen LogP contribution in [-0.4, -0.2) is 54.0 Å². The number of amidine groups is 1. The minimum absolute atomic E-state index is 0.00381. The number of aliphatic imine (C=N–C) groups is 1. The lowest BCUT2D eigenvalue weighted by atomic mass is 9.78. The molecule has 11 heteroatoms. The number of ether oxygens (including phenoxy) is 3. The molecule has 1 aromatic rings. The van der Waals surface area contributed by atoms with Gasteiger partial charge in [-0.05, 0) is 26.8 Å². The number of nitro groups is 1. The topological polar surface area (TPSA) is 112 Å². The van der Waals surface area contributed by atoms with Gasteiger partial charge in [0.1, 0.15) is 17.0 Å². The summed E-state index contributed by atoms with van der Waals surface area (Å²) < 4.78 is 31.2. The third-order valence-corrected chi connectivity index (χ3v) is 5.84. The van der Waals surface area contributed by atoms with Crippen molar-refractivity contribution in [1.29, 1.82) is 0 Å². The molecule has 1 amide bonds. The molecule has 0 unspecified atom stereocenters. The van der Waals surface area contributed by atoms with Gasteiger partial charge in [0.2, 0.25) is 0 Å². The Kier molecular flexibility index (Phi) is 6.34. The van der Waals surface area contributed by atoms with Crippen LogP contribution in [0.1, 0.15) is 26.3 Å². The number of amides is 1. The first-order valence-corrected chi connectivity index (χ1v) is 10.3. The Labute approximate surface area is 177 Å². The van der Waals surface area contributed by atoms with Gasteiger partial charge in [-0.1, -0.05) is 11.8 Å². The molecule has 0 spiro atoms. The Morgan fingerprint density at radius 2 is 2.23 bits per heavy atom. The summed E-state index contributed by atoms with van der Waals surface area (Å²) in [6.07, 6.45) is -1.05. The SMILES string of the molecule is COC[C@H]1OC[C@]2(c3cc([N+](=O)[O-])ccc3F)N=C(NC(=O)OC(C)(C)C)SC[C@H]12. The predicted octanol–water partition coefficient (Wildman–Crippen LogP) is 3.22. The van der Waals surface area contributed by atoms with Gasteiger partial charge in [0.25, 0.3) is 5.69 Å². The summed E-state index contributed by atoms with van der Waals surface area (Å²) in [5, 5.41) is 14.1. The summed E-state index contributed by atoms with van der Waals surface area (Å²) in [5.41, 5.74) is -2.11. The van der Waals surface area contributed by atoms with Crippen LogP contribution >= 0.6 is 11.8 Å². The third kappa shape index (κ3) is 4.57. The number of non-ortho nitro benzene ring substituents is 1. The van der Waals surface area contributed by atoms with E-state index < -0.39 is 28.0 Å². The lowest BCUT2D eigenvalue weighted by Gasteiger charge is -2.36. The average molecular weight is 441 g/mol. The van der Waals surface area contributed by atoms with Crippen LogP contribution in [0.15, 0.2) is 23.2 Å². The molecule has 0 aromatic heterocycles. The number of carbonyl (C=O) groups excluding carboxylic acids is 1. The number of methoxy groups -OCH3 is 1. The molecule has 2 aliphatic rings. The van der Waals surface area contributed by atoms with Crippen molar-refractivity contribution in [3.8, 4) is 0 Å². The first-order chi connectivity index (χ1) is 14.1. The third-order valence-electron chi connectivity index (χ3n) is 4.85. The largest absolute Gasteiger partial charge is 0.444 e. The van der Waals surface area contributed by atoms with E-state index in [0.717, 1.165) is 12.1 Å². The fourth-order valence-electron chi connectivity index (χ4n) is 3.59. The second-order valence-electron chi connectivity index (χ2n) is 8.11. The van der Waals surface area contributed by atoms with Crippen molar-refractivity contribution in [2.75, 3.05) is 26.1 Å². The number of nitrogens with one attached hydrogen (secondary N) is 1. The van der Waals surface area contributed by atoms with Gasteiger partial charge in [-0.15, -0.1) is 0 Å². The van der Waals surface area contributed by atoms with E-state index in [1.54, 1.807) is 20.8 Å². The lowest BCUT2D eigenvalue weighted by molar-refractivity contribution is -0.385. The standard InChI is InChI=1S/C19H24FN3O6S/c1-18(2,3)29-17(24)21-16-22-19(10-28-15(8-27-4)13(19)9-30-16)12-7-11(23(25)26)5-6-14(12)20/h5-7,13,15H,8-10H2,1-4H3,(H,21,22,24)/t13-,15-,19-/m1/s1. The number of nitrogens with zero attached hydrogens (tertiary/aromatic N) is 2. The van der Waals surface area contributed by atoms with Crippen LogP contribution in [0.5, 0.6) is 0 Å². The van der Waals surface area contributed by atoms with Gasteiger partial charge in [-0.25, -0.2) is 14.2 Å². The summed E-state index contributed by atoms with van der Waals surface area (Å²) >= 11 is 1.28. The van der Waals surface area contributed by atoms with Crippen molar-refractivity contribution in [3.05, 3.63) is 39.7 Å². The number of hydrogen-bond acceptors (Lipinski definition) is 8. The first kappa shape index (κ1) is 22.4. The Morgan fingerprint density at radius 1 is 1.50 bits per heavy atom. The van der Waals surface area contributed by atoms with E-state index in [1.807, 2.05) is 0 Å². The molecule has 9 nitrogen and oxygen atoms in total. The molecular formula is C19H24FN3O6S. The minimum atomic E-state index is -1.23. The number of halogens is 1. The quantitative estimate of drug-likeness (QED) is 0.564. The molecule has 30 heavy (non-hydrogen) atoms. The van der Waals surface area contributed by atoms with Crippen LogP contribution in [0.2, 0.25) is 0 Å². The molecule has 0 aliphatic carbocycles. The number of alkyl carbamates (subject to hydrolysis) is 1. The highest BCUT2D eigenvalue weighted by Crippen LogP contribution is 2.49. The van der Waals surface area contributed by atoms with Crippen LogP contribution in [0.4, 0.5) is 14.9 Å². The molecule has 1 saturated heterocycles. The van der Waals surface area contributed by atoms with Crippen LogP contribution < -0.4 is 5.32 Å². The molecule has 0 saturated carbocycles. The van der Waals surface area contributed by atoms with Gasteiger partial charge in [-0.2, -0.15) is 0 Å². The van der Waals surface area contributed by atoms with Crippen molar-refractivity contribution in [2.45, 2.75) is 38.0 Å². The van der Waals surface area contributed by atoms with E-state index in [9.17, 15) is 19.3 Å². The minimum Gasteiger partial charge on any atom is -0.444 e. The molecule has 0 bridgehead atoms. The predicted molar refractivity (Wildman–Crippen MR) is 109 cm³/mol. The van der Waals surface area contributed by atoms with E-state index in [1.165, 1.54) is 24.9 Å². The van der Waals surface area contributed by atoms with E-state index in [-0.39, 0.29) is 41.7 Å². The molecule has 2 aliphatic heterocycles. The van der Waals surface area contributed by atoms with E-state index in [4.69, 9.17) is 14.2 Å². The van der Waals surface area contributed by atoms with Gasteiger partial charge in [0.05, 0.1) is 24.2 Å². The van der Waals surface area contributed by atoms with Crippen LogP contribution in [0, 0.1) is 21.8 Å². The average Bonchev–Trinajstić information content (AvgIpc) is 2.99. The molecule has 1 fully saturated rings. The molecule has 1 N–H and O–H groups in total. The number of hydrogen-bond donors (Lipinski definition) is 1. The van der Waals surface area contributed by atoms with Crippen molar-refractivity contribution in [1.82, 2.24) is 5.32 Å². The lowest BCUT2D eigenvalue weighted by Crippen LogP contribution is -2.45. The second kappa shape index (κ2) is 8.48. The Morgan fingerprint density at radius 3 is 2.87 bits per heavy atom. The summed E-state index contributed by atoms with van der Waals surface area (Å²) in [4.78, 5) is 27.5. The summed E-state index contributed by atoms with van der Waals surface area (Å²) in [6, 6.07) is 3.35. The molecule has 0 radical (unpaired) electrons. The Balaban J connectivity index is 2.02. The Bertz CT molecular complexity index is 874. The van der Waals surface area contributed by atoms with Gasteiger partial charge in [0, 0.05) is 36.5 Å². The normalized spacial score (nSPS) is 26.0. The molecule has 3 rings (SSSR count). The van der Waals surface area contributed by atoms with E-state index >= 15 is 0 Å². The second-order valence-corrected chi connectivity index (χ2v) is 9.12. The first-order valence-electron chi connectivity index (χ1n) is 9.33. The molecule has 3 atom stereocenters. The highest BCUT2D eigenvalue weighted by Gasteiger charge is 2.54. The molecule has 1 aromatic carbocycles. The molecule has 2 heterocycles. The highest BCUT2D eigenvalue weighted by molar-refractivity contribution is 8.13. The fraction of sp³-hybridized carbons (Fsp3) is 0.579. The van der Waals surface area contributed by atoms with Gasteiger partial charge < -0.3 is 14.2 Å². The molecule has 164 valence electrons. The van der Waals surface area contributed by atoms with Crippen LogP contribution in [-0.2, 0) is 19.7 Å². The van der Waals surface area contributed by atoms with Crippen LogP contribution in [0.25, 0.3) is 0 Å². The number of benzene rings is 1. The van der Waals surface area contributed by atoms with Gasteiger partial charge in [0.15, 0.2) is 5.17 Å². The Hall–Kier alpha value is -2.24. The zero-order chi connectivity index (χ0) is 22.1. The van der Waals surface area contributed by atoms with Crippen molar-refractivity contribution in [3.63, 3.8) is 0 Å². The smallest absolute Gasteiger partial charge is 0.413 e. The highest BCUT2D eigenvalue weighted by atomic mass is 32.2. The number of thioether (sulfide) groups is 1. The summed E-state index contributed by atoms with van der Waals surface area (Å²) in [5.74, 6) is -0.479. The zero-order valence-corrected chi connectivity index (χ0v) is 18.0.